The van der Waals surface area contributed by atoms with Gasteiger partial charge in [0.1, 0.15) is 5.75 Å². The number of aryl methyl sites for hydroxylation is 1. The van der Waals surface area contributed by atoms with Crippen molar-refractivity contribution < 1.29 is 24.2 Å². The molecule has 1 saturated carbocycles. The minimum absolute atomic E-state index is 0.122. The molecule has 2 atom stereocenters. The maximum atomic E-state index is 12.2. The summed E-state index contributed by atoms with van der Waals surface area (Å²) in [5.41, 5.74) is 3.40. The van der Waals surface area contributed by atoms with Crippen LogP contribution in [0.4, 0.5) is 4.79 Å². The highest BCUT2D eigenvalue weighted by Crippen LogP contribution is 2.29. The number of rotatable bonds is 9. The van der Waals surface area contributed by atoms with Gasteiger partial charge in [-0.1, -0.05) is 30.3 Å². The quantitative estimate of drug-likeness (QED) is 0.478. The Kier molecular flexibility index (Phi) is 7.97. The number of amides is 1. The molecule has 1 aliphatic carbocycles. The second kappa shape index (κ2) is 11.5. The topological polar surface area (TPSA) is 116 Å². The number of carbonyl (C=O) groups excluding carboxylic acids is 1. The molecule has 2 heterocycles. The van der Waals surface area contributed by atoms with E-state index in [1.165, 1.54) is 0 Å². The van der Waals surface area contributed by atoms with Gasteiger partial charge >= 0.3 is 12.1 Å². The van der Waals surface area contributed by atoms with Crippen molar-refractivity contribution in [3.05, 3.63) is 66.1 Å². The maximum absolute atomic E-state index is 12.2. The van der Waals surface area contributed by atoms with Crippen LogP contribution >= 0.6 is 0 Å². The zero-order chi connectivity index (χ0) is 24.6. The van der Waals surface area contributed by atoms with Gasteiger partial charge in [0.25, 0.3) is 0 Å². The molecule has 1 fully saturated rings. The van der Waals surface area contributed by atoms with E-state index in [0.717, 1.165) is 29.7 Å². The van der Waals surface area contributed by atoms with Gasteiger partial charge in [0, 0.05) is 19.0 Å². The predicted molar refractivity (Wildman–Crippen MR) is 129 cm³/mol. The van der Waals surface area contributed by atoms with Gasteiger partial charge in [-0.05, 0) is 43.4 Å². The van der Waals surface area contributed by atoms with Crippen LogP contribution < -0.4 is 10.1 Å². The van der Waals surface area contributed by atoms with Crippen molar-refractivity contribution in [2.75, 3.05) is 6.61 Å². The Hall–Kier alpha value is -3.88. The number of pyridine rings is 1. The van der Waals surface area contributed by atoms with E-state index in [1.54, 1.807) is 24.1 Å². The summed E-state index contributed by atoms with van der Waals surface area (Å²) in [6.07, 6.45) is 6.28. The highest BCUT2D eigenvalue weighted by atomic mass is 16.5. The second-order valence-corrected chi connectivity index (χ2v) is 8.67. The van der Waals surface area contributed by atoms with Crippen molar-refractivity contribution >= 4 is 12.1 Å². The number of alkyl carbamates (subject to hydrolysis) is 1. The number of hydrogen-bond donors (Lipinski definition) is 2. The first-order valence-electron chi connectivity index (χ1n) is 11.8. The Labute approximate surface area is 204 Å². The highest BCUT2D eigenvalue weighted by molar-refractivity contribution is 5.70. The standard InChI is InChI=1S/C26H30N4O5/c1-30-24(17-28-26(33)34-13-12-18-6-3-2-4-7-18)22(16-29-30)23-11-10-21(15-27-23)35-20-9-5-8-19(14-20)25(31)32/h2-4,6-7,10-11,15-16,19-20H,5,8-9,12-14,17H2,1H3,(H,28,33)(H,31,32)/t19-,20-/m0/s1. The summed E-state index contributed by atoms with van der Waals surface area (Å²) < 4.78 is 13.0. The molecule has 35 heavy (non-hydrogen) atoms. The molecular weight excluding hydrogens is 448 g/mol. The number of ether oxygens (including phenoxy) is 2. The molecule has 1 aliphatic rings. The summed E-state index contributed by atoms with van der Waals surface area (Å²) in [4.78, 5) is 28.0. The molecule has 1 aromatic carbocycles. The van der Waals surface area contributed by atoms with Crippen molar-refractivity contribution in [3.8, 4) is 17.0 Å². The third kappa shape index (κ3) is 6.59. The number of carboxylic acids is 1. The molecule has 0 radical (unpaired) electrons. The van der Waals surface area contributed by atoms with Crippen LogP contribution in [0.1, 0.15) is 36.9 Å². The van der Waals surface area contributed by atoms with Crippen LogP contribution in [0, 0.1) is 5.92 Å². The van der Waals surface area contributed by atoms with Gasteiger partial charge in [0.05, 0.1) is 49.0 Å². The Bertz CT molecular complexity index is 1130. The predicted octanol–water partition coefficient (Wildman–Crippen LogP) is 3.97. The molecule has 0 bridgehead atoms. The second-order valence-electron chi connectivity index (χ2n) is 8.67. The van der Waals surface area contributed by atoms with E-state index in [2.05, 4.69) is 15.4 Å². The summed E-state index contributed by atoms with van der Waals surface area (Å²) in [6.45, 7) is 0.542. The monoisotopic (exact) mass is 478 g/mol. The van der Waals surface area contributed by atoms with E-state index in [-0.39, 0.29) is 18.6 Å². The number of aromatic nitrogens is 3. The van der Waals surface area contributed by atoms with Crippen LogP contribution in [0.3, 0.4) is 0 Å². The number of aliphatic carboxylic acids is 1. The lowest BCUT2D eigenvalue weighted by Crippen LogP contribution is -2.29. The summed E-state index contributed by atoms with van der Waals surface area (Å²) >= 11 is 0. The molecule has 3 aromatic rings. The van der Waals surface area contributed by atoms with E-state index in [4.69, 9.17) is 9.47 Å². The maximum Gasteiger partial charge on any atom is 0.407 e. The average molecular weight is 479 g/mol. The number of benzene rings is 1. The summed E-state index contributed by atoms with van der Waals surface area (Å²) in [7, 11) is 1.81. The van der Waals surface area contributed by atoms with Crippen molar-refractivity contribution in [1.29, 1.82) is 0 Å². The third-order valence-corrected chi connectivity index (χ3v) is 6.22. The Morgan fingerprint density at radius 1 is 1.14 bits per heavy atom. The van der Waals surface area contributed by atoms with Crippen molar-refractivity contribution in [2.24, 2.45) is 13.0 Å². The lowest BCUT2D eigenvalue weighted by Gasteiger charge is -2.27. The van der Waals surface area contributed by atoms with Crippen molar-refractivity contribution in [1.82, 2.24) is 20.1 Å². The van der Waals surface area contributed by atoms with E-state index in [1.807, 2.05) is 42.5 Å². The van der Waals surface area contributed by atoms with Gasteiger partial charge in [-0.25, -0.2) is 4.79 Å². The molecule has 4 rings (SSSR count). The molecule has 2 N–H and O–H groups in total. The van der Waals surface area contributed by atoms with Crippen LogP contribution in [0.15, 0.2) is 54.9 Å². The smallest absolute Gasteiger partial charge is 0.407 e. The summed E-state index contributed by atoms with van der Waals surface area (Å²) in [5, 5.41) is 16.4. The molecule has 1 amide bonds. The number of hydrogen-bond acceptors (Lipinski definition) is 6. The number of carboxylic acid groups (broad SMARTS) is 1. The zero-order valence-corrected chi connectivity index (χ0v) is 19.7. The fourth-order valence-corrected chi connectivity index (χ4v) is 4.28. The number of nitrogens with zero attached hydrogens (tertiary/aromatic N) is 3. The lowest BCUT2D eigenvalue weighted by atomic mass is 9.87. The van der Waals surface area contributed by atoms with Crippen LogP contribution in [0.25, 0.3) is 11.3 Å². The van der Waals surface area contributed by atoms with Crippen molar-refractivity contribution in [3.63, 3.8) is 0 Å². The van der Waals surface area contributed by atoms with Crippen molar-refractivity contribution in [2.45, 2.75) is 44.8 Å². The van der Waals surface area contributed by atoms with E-state index in [9.17, 15) is 14.7 Å². The van der Waals surface area contributed by atoms with Crippen LogP contribution in [0.2, 0.25) is 0 Å². The van der Waals surface area contributed by atoms with Gasteiger partial charge in [-0.3, -0.25) is 14.5 Å². The van der Waals surface area contributed by atoms with E-state index < -0.39 is 12.1 Å². The third-order valence-electron chi connectivity index (χ3n) is 6.22. The average Bonchev–Trinajstić information content (AvgIpc) is 3.24. The van der Waals surface area contributed by atoms with E-state index in [0.29, 0.717) is 37.3 Å². The van der Waals surface area contributed by atoms with Gasteiger partial charge in [0.2, 0.25) is 0 Å². The van der Waals surface area contributed by atoms with Gasteiger partial charge in [-0.2, -0.15) is 5.10 Å². The minimum atomic E-state index is -0.760. The van der Waals surface area contributed by atoms with Gasteiger partial charge < -0.3 is 19.9 Å². The first-order chi connectivity index (χ1) is 17.0. The first-order valence-corrected chi connectivity index (χ1v) is 11.8. The molecule has 0 spiro atoms. The fraction of sp³-hybridized carbons (Fsp3) is 0.385. The normalized spacial score (nSPS) is 17.5. The Morgan fingerprint density at radius 2 is 1.97 bits per heavy atom. The molecule has 0 unspecified atom stereocenters. The van der Waals surface area contributed by atoms with Crippen LogP contribution in [-0.2, 0) is 29.5 Å². The molecule has 9 heteroatoms. The van der Waals surface area contributed by atoms with Crippen LogP contribution in [0.5, 0.6) is 5.75 Å². The SMILES string of the molecule is Cn1ncc(-c2ccc(O[C@H]3CCC[C@H](C(=O)O)C3)cn2)c1CNC(=O)OCCc1ccccc1. The summed E-state index contributed by atoms with van der Waals surface area (Å²) in [5.74, 6) is -0.503. The Morgan fingerprint density at radius 3 is 2.71 bits per heavy atom. The molecule has 0 saturated heterocycles. The first kappa shape index (κ1) is 24.3. The molecule has 2 aromatic heterocycles. The highest BCUT2D eigenvalue weighted by Gasteiger charge is 2.28. The fourth-order valence-electron chi connectivity index (χ4n) is 4.28. The molecule has 0 aliphatic heterocycles. The minimum Gasteiger partial charge on any atom is -0.489 e. The summed E-state index contributed by atoms with van der Waals surface area (Å²) in [6, 6.07) is 13.5. The van der Waals surface area contributed by atoms with Gasteiger partial charge in [0.15, 0.2) is 0 Å². The number of nitrogens with one attached hydrogen (secondary N) is 1. The molecule has 9 nitrogen and oxygen atoms in total. The number of carbonyl (C=O) groups is 2. The molecule has 184 valence electrons. The lowest BCUT2D eigenvalue weighted by molar-refractivity contribution is -0.143. The van der Waals surface area contributed by atoms with E-state index >= 15 is 0 Å². The molecular formula is C26H30N4O5. The zero-order valence-electron chi connectivity index (χ0n) is 19.7. The largest absolute Gasteiger partial charge is 0.489 e. The van der Waals surface area contributed by atoms with Gasteiger partial charge in [-0.15, -0.1) is 0 Å². The Balaban J connectivity index is 1.31. The van der Waals surface area contributed by atoms with Crippen LogP contribution in [-0.4, -0.2) is 44.6 Å².